The number of nitrogens with zero attached hydrogens (tertiary/aromatic N) is 2. The van der Waals surface area contributed by atoms with Gasteiger partial charge in [0, 0.05) is 0 Å². The predicted molar refractivity (Wildman–Crippen MR) is 86.8 cm³/mol. The van der Waals surface area contributed by atoms with Crippen molar-refractivity contribution in [1.29, 1.82) is 0 Å². The second kappa shape index (κ2) is 7.91. The summed E-state index contributed by atoms with van der Waals surface area (Å²) < 4.78 is 15.0. The first-order valence-corrected chi connectivity index (χ1v) is 6.89. The van der Waals surface area contributed by atoms with E-state index < -0.39 is 6.04 Å². The van der Waals surface area contributed by atoms with Gasteiger partial charge in [-0.3, -0.25) is 4.79 Å². The Hall–Kier alpha value is -1.92. The number of benzene rings is 1. The number of hydrogen-bond donors (Lipinski definition) is 2. The van der Waals surface area contributed by atoms with Crippen molar-refractivity contribution in [3.63, 3.8) is 0 Å². The zero-order valence-electron chi connectivity index (χ0n) is 12.5. The lowest BCUT2D eigenvalue weighted by molar-refractivity contribution is -0.118. The van der Waals surface area contributed by atoms with Crippen molar-refractivity contribution < 1.29 is 9.18 Å². The van der Waals surface area contributed by atoms with Crippen LogP contribution in [0.1, 0.15) is 20.3 Å². The fourth-order valence-electron chi connectivity index (χ4n) is 1.89. The Morgan fingerprint density at radius 1 is 1.45 bits per heavy atom. The molecule has 0 saturated carbocycles. The van der Waals surface area contributed by atoms with Gasteiger partial charge in [0.05, 0.1) is 24.1 Å². The van der Waals surface area contributed by atoms with Crippen LogP contribution >= 0.6 is 12.4 Å². The number of nitrogens with one attached hydrogen (secondary N) is 1. The molecule has 0 radical (unpaired) electrons. The van der Waals surface area contributed by atoms with E-state index in [9.17, 15) is 9.18 Å². The molecule has 3 N–H and O–H groups in total. The highest BCUT2D eigenvalue weighted by Crippen LogP contribution is 2.15. The van der Waals surface area contributed by atoms with Crippen LogP contribution in [-0.4, -0.2) is 21.7 Å². The molecule has 7 heteroatoms. The molecular weight excluding hydrogens is 307 g/mol. The number of nitrogens with two attached hydrogens (primary N) is 1. The zero-order chi connectivity index (χ0) is 15.4. The molecule has 0 spiro atoms. The Morgan fingerprint density at radius 3 is 2.77 bits per heavy atom. The zero-order valence-corrected chi connectivity index (χ0v) is 13.3. The minimum absolute atomic E-state index is 0. The van der Waals surface area contributed by atoms with Crippen molar-refractivity contribution >= 4 is 24.0 Å². The van der Waals surface area contributed by atoms with Gasteiger partial charge in [-0.15, -0.1) is 12.4 Å². The third kappa shape index (κ3) is 4.05. The van der Waals surface area contributed by atoms with Crippen LogP contribution in [0.2, 0.25) is 0 Å². The largest absolute Gasteiger partial charge is 0.322 e. The molecule has 1 aromatic carbocycles. The highest BCUT2D eigenvalue weighted by Gasteiger charge is 2.20. The molecule has 5 nitrogen and oxygen atoms in total. The van der Waals surface area contributed by atoms with Crippen LogP contribution < -0.4 is 11.1 Å². The fraction of sp³-hybridized carbons (Fsp3) is 0.333. The first kappa shape index (κ1) is 18.1. The Labute approximate surface area is 135 Å². The van der Waals surface area contributed by atoms with Crippen LogP contribution in [0.5, 0.6) is 0 Å². The number of anilines is 1. The molecule has 1 amide bonds. The lowest BCUT2D eigenvalue weighted by Crippen LogP contribution is -2.40. The second-order valence-electron chi connectivity index (χ2n) is 5.03. The molecule has 22 heavy (non-hydrogen) atoms. The summed E-state index contributed by atoms with van der Waals surface area (Å²) in [5.41, 5.74) is 6.67. The molecule has 0 fully saturated rings. The molecule has 2 atom stereocenters. The molecule has 0 aliphatic rings. The van der Waals surface area contributed by atoms with Gasteiger partial charge in [0.15, 0.2) is 0 Å². The number of hydrogen-bond acceptors (Lipinski definition) is 3. The summed E-state index contributed by atoms with van der Waals surface area (Å²) in [7, 11) is 0. The third-order valence-corrected chi connectivity index (χ3v) is 3.51. The summed E-state index contributed by atoms with van der Waals surface area (Å²) >= 11 is 0. The van der Waals surface area contributed by atoms with Crippen LogP contribution in [0.4, 0.5) is 10.1 Å². The number of aromatic nitrogens is 2. The van der Waals surface area contributed by atoms with Gasteiger partial charge >= 0.3 is 0 Å². The molecule has 0 aliphatic carbocycles. The van der Waals surface area contributed by atoms with Crippen molar-refractivity contribution in [2.45, 2.75) is 26.3 Å². The number of halogens is 2. The van der Waals surface area contributed by atoms with E-state index in [0.29, 0.717) is 11.4 Å². The van der Waals surface area contributed by atoms with E-state index in [-0.39, 0.29) is 30.0 Å². The minimum atomic E-state index is -0.577. The molecule has 0 bridgehead atoms. The maximum Gasteiger partial charge on any atom is 0.241 e. The molecule has 0 aliphatic heterocycles. The van der Waals surface area contributed by atoms with Crippen molar-refractivity contribution in [1.82, 2.24) is 9.78 Å². The lowest BCUT2D eigenvalue weighted by Gasteiger charge is -2.16. The maximum atomic E-state index is 13.7. The van der Waals surface area contributed by atoms with Gasteiger partial charge in [0.1, 0.15) is 11.5 Å². The van der Waals surface area contributed by atoms with Crippen LogP contribution in [0.15, 0.2) is 36.7 Å². The Bertz CT molecular complexity index is 632. The molecule has 120 valence electrons. The Kier molecular flexibility index (Phi) is 6.52. The normalized spacial score (nSPS) is 13.1. The predicted octanol–water partition coefficient (Wildman–Crippen LogP) is 2.75. The van der Waals surface area contributed by atoms with Crippen molar-refractivity contribution in [3.8, 4) is 5.69 Å². The van der Waals surface area contributed by atoms with E-state index in [1.54, 1.807) is 24.4 Å². The molecule has 2 rings (SSSR count). The first-order chi connectivity index (χ1) is 10.0. The number of para-hydroxylation sites is 1. The summed E-state index contributed by atoms with van der Waals surface area (Å²) in [6.45, 7) is 3.90. The maximum absolute atomic E-state index is 13.7. The Morgan fingerprint density at radius 2 is 2.14 bits per heavy atom. The monoisotopic (exact) mass is 326 g/mol. The van der Waals surface area contributed by atoms with Gasteiger partial charge in [-0.2, -0.15) is 5.10 Å². The van der Waals surface area contributed by atoms with Gasteiger partial charge in [-0.25, -0.2) is 9.07 Å². The summed E-state index contributed by atoms with van der Waals surface area (Å²) in [5, 5.41) is 6.74. The van der Waals surface area contributed by atoms with Crippen molar-refractivity contribution in [3.05, 3.63) is 42.5 Å². The lowest BCUT2D eigenvalue weighted by atomic mass is 9.99. The van der Waals surface area contributed by atoms with Gasteiger partial charge in [-0.05, 0) is 18.1 Å². The number of carbonyl (C=O) groups excluding carboxylic acids is 1. The molecule has 2 aromatic rings. The van der Waals surface area contributed by atoms with Crippen LogP contribution in [0, 0.1) is 11.7 Å². The fourth-order valence-corrected chi connectivity index (χ4v) is 1.89. The van der Waals surface area contributed by atoms with E-state index in [0.717, 1.165) is 6.42 Å². The highest BCUT2D eigenvalue weighted by atomic mass is 35.5. The van der Waals surface area contributed by atoms with E-state index in [2.05, 4.69) is 10.4 Å². The van der Waals surface area contributed by atoms with E-state index in [4.69, 9.17) is 5.73 Å². The number of carbonyl (C=O) groups is 1. The van der Waals surface area contributed by atoms with Crippen molar-refractivity contribution in [2.75, 3.05) is 5.32 Å². The smallest absolute Gasteiger partial charge is 0.241 e. The SMILES string of the molecule is CCC(C)C(N)C(=O)Nc1cnn(-c2ccccc2F)c1.Cl. The second-order valence-corrected chi connectivity index (χ2v) is 5.03. The summed E-state index contributed by atoms with van der Waals surface area (Å²) in [6.07, 6.45) is 3.84. The van der Waals surface area contributed by atoms with E-state index in [1.807, 2.05) is 13.8 Å². The molecule has 2 unspecified atom stereocenters. The summed E-state index contributed by atoms with van der Waals surface area (Å²) in [6, 6.07) is 5.71. The average Bonchev–Trinajstić information content (AvgIpc) is 2.94. The summed E-state index contributed by atoms with van der Waals surface area (Å²) in [5.74, 6) is -0.557. The van der Waals surface area contributed by atoms with E-state index in [1.165, 1.54) is 16.9 Å². The van der Waals surface area contributed by atoms with Gasteiger partial charge in [0.2, 0.25) is 5.91 Å². The topological polar surface area (TPSA) is 72.9 Å². The molecular formula is C15H20ClFN4O. The van der Waals surface area contributed by atoms with Crippen molar-refractivity contribution in [2.24, 2.45) is 11.7 Å². The average molecular weight is 327 g/mol. The van der Waals surface area contributed by atoms with Gasteiger partial charge in [-0.1, -0.05) is 32.4 Å². The van der Waals surface area contributed by atoms with Gasteiger partial charge < -0.3 is 11.1 Å². The highest BCUT2D eigenvalue weighted by molar-refractivity contribution is 5.94. The Balaban J connectivity index is 0.00000242. The molecule has 1 heterocycles. The first-order valence-electron chi connectivity index (χ1n) is 6.89. The molecule has 0 saturated heterocycles. The molecule has 1 aromatic heterocycles. The van der Waals surface area contributed by atoms with E-state index >= 15 is 0 Å². The number of amides is 1. The van der Waals surface area contributed by atoms with Crippen LogP contribution in [0.25, 0.3) is 5.69 Å². The summed E-state index contributed by atoms with van der Waals surface area (Å²) in [4.78, 5) is 12.0. The van der Waals surface area contributed by atoms with Gasteiger partial charge in [0.25, 0.3) is 0 Å². The number of rotatable bonds is 5. The third-order valence-electron chi connectivity index (χ3n) is 3.51. The van der Waals surface area contributed by atoms with Crippen LogP contribution in [-0.2, 0) is 4.79 Å². The minimum Gasteiger partial charge on any atom is -0.322 e. The van der Waals surface area contributed by atoms with Crippen LogP contribution in [0.3, 0.4) is 0 Å². The standard InChI is InChI=1S/C15H19FN4O.ClH/c1-3-10(2)14(17)15(21)19-11-8-18-20(9-11)13-7-5-4-6-12(13)16;/h4-10,14H,3,17H2,1-2H3,(H,19,21);1H. The quantitative estimate of drug-likeness (QED) is 0.887.